The largest absolute Gasteiger partial charge is 0.453 e. The minimum atomic E-state index is -0.939. The van der Waals surface area contributed by atoms with E-state index in [4.69, 9.17) is 0 Å². The van der Waals surface area contributed by atoms with E-state index in [9.17, 15) is 19.2 Å². The second-order valence-corrected chi connectivity index (χ2v) is 6.83. The summed E-state index contributed by atoms with van der Waals surface area (Å²) in [6, 6.07) is 25.5. The van der Waals surface area contributed by atoms with E-state index >= 15 is 0 Å². The molecule has 6 amide bonds. The maximum atomic E-state index is 11.5. The molecular formula is C25H26N4O6. The van der Waals surface area contributed by atoms with Crippen LogP contribution in [0.25, 0.3) is 0 Å². The summed E-state index contributed by atoms with van der Waals surface area (Å²) in [5.74, 6) is 0. The van der Waals surface area contributed by atoms with Crippen LogP contribution >= 0.6 is 0 Å². The van der Waals surface area contributed by atoms with Crippen molar-refractivity contribution < 1.29 is 28.7 Å². The first kappa shape index (κ1) is 26.4. The number of rotatable bonds is 4. The lowest BCUT2D eigenvalue weighted by atomic mass is 10.1. The Hall–Kier alpha value is -4.86. The van der Waals surface area contributed by atoms with Crippen LogP contribution in [0.5, 0.6) is 0 Å². The van der Waals surface area contributed by atoms with Gasteiger partial charge in [-0.25, -0.2) is 29.8 Å². The lowest BCUT2D eigenvalue weighted by Crippen LogP contribution is -2.36. The highest BCUT2D eigenvalue weighted by molar-refractivity contribution is 6.04. The highest BCUT2D eigenvalue weighted by Crippen LogP contribution is 2.20. The summed E-state index contributed by atoms with van der Waals surface area (Å²) >= 11 is 0. The number of nitrogens with one attached hydrogen (secondary N) is 4. The predicted molar refractivity (Wildman–Crippen MR) is 131 cm³/mol. The number of amides is 6. The normalized spacial score (nSPS) is 9.43. The van der Waals surface area contributed by atoms with Gasteiger partial charge in [-0.15, -0.1) is 0 Å². The van der Waals surface area contributed by atoms with Gasteiger partial charge in [-0.3, -0.25) is 0 Å². The number of alkyl carbamates (subject to hydrolysis) is 2. The summed E-state index contributed by atoms with van der Waals surface area (Å²) in [6.45, 7) is 0. The van der Waals surface area contributed by atoms with Crippen molar-refractivity contribution in [3.63, 3.8) is 0 Å². The van der Waals surface area contributed by atoms with Gasteiger partial charge in [-0.2, -0.15) is 0 Å². The van der Waals surface area contributed by atoms with Crippen molar-refractivity contribution in [2.45, 2.75) is 6.42 Å². The molecule has 0 spiro atoms. The van der Waals surface area contributed by atoms with E-state index in [-0.39, 0.29) is 11.4 Å². The van der Waals surface area contributed by atoms with Crippen molar-refractivity contribution in [1.29, 1.82) is 0 Å². The molecular weight excluding hydrogens is 452 g/mol. The van der Waals surface area contributed by atoms with Crippen LogP contribution in [0.3, 0.4) is 0 Å². The molecule has 0 aliphatic rings. The van der Waals surface area contributed by atoms with Crippen molar-refractivity contribution >= 4 is 35.6 Å². The van der Waals surface area contributed by atoms with E-state index in [1.165, 1.54) is 23.3 Å². The number of carbonyl (C=O) groups is 4. The molecule has 0 radical (unpaired) electrons. The number of benzene rings is 3. The molecule has 0 atom stereocenters. The lowest BCUT2D eigenvalue weighted by Gasteiger charge is -2.12. The second-order valence-electron chi connectivity index (χ2n) is 6.83. The zero-order valence-electron chi connectivity index (χ0n) is 19.2. The van der Waals surface area contributed by atoms with Gasteiger partial charge in [0.2, 0.25) is 0 Å². The minimum absolute atomic E-state index is 0.198. The first-order valence-corrected chi connectivity index (χ1v) is 10.4. The molecule has 3 aromatic carbocycles. The van der Waals surface area contributed by atoms with Crippen LogP contribution in [0.2, 0.25) is 0 Å². The molecule has 0 unspecified atom stereocenters. The maximum absolute atomic E-state index is 11.5. The third-order valence-electron chi connectivity index (χ3n) is 4.32. The number of anilines is 2. The van der Waals surface area contributed by atoms with Crippen LogP contribution in [-0.4, -0.2) is 38.5 Å². The molecule has 0 bridgehead atoms. The van der Waals surface area contributed by atoms with E-state index in [0.717, 1.165) is 20.6 Å². The number of ether oxygens (including phenoxy) is 2. The zero-order chi connectivity index (χ0) is 25.5. The van der Waals surface area contributed by atoms with Crippen LogP contribution in [0, 0.1) is 0 Å². The van der Waals surface area contributed by atoms with Crippen molar-refractivity contribution in [2.24, 2.45) is 0 Å². The Morgan fingerprint density at radius 3 is 1.26 bits per heavy atom. The number of imide groups is 2. The Labute approximate surface area is 202 Å². The minimum Gasteiger partial charge on any atom is -0.453 e. The molecule has 10 nitrogen and oxygen atoms in total. The van der Waals surface area contributed by atoms with E-state index in [0.29, 0.717) is 0 Å². The second kappa shape index (κ2) is 14.3. The van der Waals surface area contributed by atoms with E-state index in [1.807, 2.05) is 10.6 Å². The average molecular weight is 479 g/mol. The molecule has 182 valence electrons. The topological polar surface area (TPSA) is 135 Å². The molecule has 0 aromatic heterocycles. The number of carbonyl (C=O) groups excluding carboxylic acids is 4. The summed E-state index contributed by atoms with van der Waals surface area (Å²) < 4.78 is 8.53. The first-order chi connectivity index (χ1) is 16.9. The predicted octanol–water partition coefficient (Wildman–Crippen LogP) is 4.74. The fourth-order valence-electron chi connectivity index (χ4n) is 2.72. The van der Waals surface area contributed by atoms with E-state index < -0.39 is 24.2 Å². The van der Waals surface area contributed by atoms with Gasteiger partial charge in [0.05, 0.1) is 25.6 Å². The lowest BCUT2D eigenvalue weighted by molar-refractivity contribution is 0.170. The van der Waals surface area contributed by atoms with Gasteiger partial charge in [-0.05, 0) is 29.7 Å². The molecule has 35 heavy (non-hydrogen) atoms. The third-order valence-corrected chi connectivity index (χ3v) is 4.32. The molecule has 0 aliphatic heterocycles. The molecule has 0 saturated carbocycles. The van der Waals surface area contributed by atoms with Crippen LogP contribution in [0.4, 0.5) is 30.6 Å². The number of hydrogen-bond acceptors (Lipinski definition) is 6. The molecule has 0 heterocycles. The summed E-state index contributed by atoms with van der Waals surface area (Å²) in [5, 5.41) is 8.45. The monoisotopic (exact) mass is 478 g/mol. The Morgan fingerprint density at radius 1 is 0.571 bits per heavy atom. The van der Waals surface area contributed by atoms with Gasteiger partial charge in [0.25, 0.3) is 0 Å². The molecule has 0 aliphatic carbocycles. The average Bonchev–Trinajstić information content (AvgIpc) is 2.86. The van der Waals surface area contributed by atoms with Crippen LogP contribution in [-0.2, 0) is 15.9 Å². The molecule has 0 fully saturated rings. The highest BCUT2D eigenvalue weighted by Gasteiger charge is 2.13. The quantitative estimate of drug-likeness (QED) is 0.428. The SMILES string of the molecule is COC(=O)NC(=O)Nc1ccccc1NC(=O)NC(=O)OC.c1ccc(Cc2ccccc2)cc1. The van der Waals surface area contributed by atoms with Gasteiger partial charge in [0.1, 0.15) is 0 Å². The Bertz CT molecular complexity index is 1030. The fraction of sp³-hybridized carbons (Fsp3) is 0.120. The Balaban J connectivity index is 0.000000279. The van der Waals surface area contributed by atoms with Crippen LogP contribution < -0.4 is 21.3 Å². The maximum Gasteiger partial charge on any atom is 0.415 e. The van der Waals surface area contributed by atoms with Crippen LogP contribution in [0.15, 0.2) is 84.9 Å². The van der Waals surface area contributed by atoms with Gasteiger partial charge in [0.15, 0.2) is 0 Å². The van der Waals surface area contributed by atoms with Crippen molar-refractivity contribution in [2.75, 3.05) is 24.9 Å². The molecule has 4 N–H and O–H groups in total. The summed E-state index contributed by atoms with van der Waals surface area (Å²) in [4.78, 5) is 44.8. The first-order valence-electron chi connectivity index (χ1n) is 10.4. The van der Waals surface area contributed by atoms with Crippen molar-refractivity contribution in [3.8, 4) is 0 Å². The number of hydrogen-bond donors (Lipinski definition) is 4. The van der Waals surface area contributed by atoms with E-state index in [2.05, 4.69) is 80.8 Å². The number of para-hydroxylation sites is 2. The molecule has 3 rings (SSSR count). The van der Waals surface area contributed by atoms with Crippen molar-refractivity contribution in [1.82, 2.24) is 10.6 Å². The molecule has 0 saturated heterocycles. The summed E-state index contributed by atoms with van der Waals surface area (Å²) in [6.07, 6.45) is -0.848. The van der Waals surface area contributed by atoms with Gasteiger partial charge < -0.3 is 20.1 Å². The van der Waals surface area contributed by atoms with Gasteiger partial charge >= 0.3 is 24.2 Å². The highest BCUT2D eigenvalue weighted by atomic mass is 16.5. The third kappa shape index (κ3) is 10.1. The zero-order valence-corrected chi connectivity index (χ0v) is 19.2. The van der Waals surface area contributed by atoms with Gasteiger partial charge in [-0.1, -0.05) is 72.8 Å². The fourth-order valence-corrected chi connectivity index (χ4v) is 2.72. The molecule has 3 aromatic rings. The number of methoxy groups -OCH3 is 2. The Morgan fingerprint density at radius 2 is 0.914 bits per heavy atom. The summed E-state index contributed by atoms with van der Waals surface area (Å²) in [7, 11) is 2.21. The smallest absolute Gasteiger partial charge is 0.415 e. The molecule has 10 heteroatoms. The van der Waals surface area contributed by atoms with Crippen molar-refractivity contribution in [3.05, 3.63) is 96.1 Å². The van der Waals surface area contributed by atoms with Gasteiger partial charge in [0, 0.05) is 0 Å². The Kier molecular flexibility index (Phi) is 10.8. The standard InChI is InChI=1S/C13H12.C12H14N4O6/c1-3-7-12(8-4-1)11-13-9-5-2-6-10-13;1-21-11(19)15-9(17)13-7-5-3-4-6-8(7)14-10(18)16-12(20)22-2/h1-10H,11H2;3-6H,1-2H3,(H2,13,15,17,19)(H2,14,16,18,20). The van der Waals surface area contributed by atoms with E-state index in [1.54, 1.807) is 12.1 Å². The van der Waals surface area contributed by atoms with Crippen LogP contribution in [0.1, 0.15) is 11.1 Å². The number of urea groups is 2. The summed E-state index contributed by atoms with van der Waals surface area (Å²) in [5.41, 5.74) is 3.13.